The fourth-order valence-corrected chi connectivity index (χ4v) is 3.60. The molecule has 0 unspecified atom stereocenters. The molecule has 0 spiro atoms. The van der Waals surface area contributed by atoms with E-state index in [1.807, 2.05) is 38.1 Å². The Bertz CT molecular complexity index is 990. The summed E-state index contributed by atoms with van der Waals surface area (Å²) in [5.41, 5.74) is 2.47. The lowest BCUT2D eigenvalue weighted by Crippen LogP contribution is -2.45. The molecule has 0 aliphatic carbocycles. The van der Waals surface area contributed by atoms with Gasteiger partial charge >= 0.3 is 0 Å². The minimum absolute atomic E-state index is 0.281. The van der Waals surface area contributed by atoms with Crippen molar-refractivity contribution in [1.29, 1.82) is 0 Å². The first-order valence-corrected chi connectivity index (χ1v) is 9.92. The zero-order valence-corrected chi connectivity index (χ0v) is 18.2. The van der Waals surface area contributed by atoms with Crippen molar-refractivity contribution in [2.45, 2.75) is 19.9 Å². The maximum Gasteiger partial charge on any atom is 0.255 e. The second-order valence-corrected chi connectivity index (χ2v) is 6.97. The average molecular weight is 428 g/mol. The summed E-state index contributed by atoms with van der Waals surface area (Å²) in [6.45, 7) is 4.21. The van der Waals surface area contributed by atoms with E-state index in [0.29, 0.717) is 45.9 Å². The van der Waals surface area contributed by atoms with Crippen LogP contribution in [0.15, 0.2) is 53.7 Å². The van der Waals surface area contributed by atoms with Gasteiger partial charge in [0.15, 0.2) is 5.11 Å². The molecule has 1 heterocycles. The number of benzene rings is 2. The van der Waals surface area contributed by atoms with Crippen molar-refractivity contribution in [3.8, 4) is 17.2 Å². The average Bonchev–Trinajstić information content (AvgIpc) is 2.74. The monoisotopic (exact) mass is 427 g/mol. The first-order valence-electron chi connectivity index (χ1n) is 9.51. The second kappa shape index (κ2) is 9.49. The molecule has 158 valence electrons. The quantitative estimate of drug-likeness (QED) is 0.583. The topological polar surface area (TPSA) is 80.9 Å². The largest absolute Gasteiger partial charge is 0.497 e. The lowest BCUT2D eigenvalue weighted by molar-refractivity contribution is -0.113. The number of thiocarbonyl (C=S) groups is 1. The van der Waals surface area contributed by atoms with Crippen LogP contribution in [0.4, 0.5) is 5.69 Å². The number of rotatable bonds is 7. The van der Waals surface area contributed by atoms with E-state index in [-0.39, 0.29) is 5.91 Å². The number of anilines is 1. The maximum absolute atomic E-state index is 13.4. The van der Waals surface area contributed by atoms with Crippen LogP contribution in [-0.4, -0.2) is 31.8 Å². The summed E-state index contributed by atoms with van der Waals surface area (Å²) in [5, 5.41) is 9.60. The van der Waals surface area contributed by atoms with E-state index in [2.05, 4.69) is 16.0 Å². The van der Waals surface area contributed by atoms with Crippen molar-refractivity contribution >= 4 is 28.9 Å². The zero-order valence-electron chi connectivity index (χ0n) is 17.4. The molecule has 7 nitrogen and oxygen atoms in total. The number of methoxy groups -OCH3 is 2. The van der Waals surface area contributed by atoms with Gasteiger partial charge in [0.1, 0.15) is 17.2 Å². The van der Waals surface area contributed by atoms with Crippen LogP contribution in [0.2, 0.25) is 0 Å². The van der Waals surface area contributed by atoms with Crippen molar-refractivity contribution in [1.82, 2.24) is 10.6 Å². The molecule has 0 radical (unpaired) electrons. The number of nitrogens with one attached hydrogen (secondary N) is 3. The van der Waals surface area contributed by atoms with Crippen LogP contribution in [0.5, 0.6) is 17.2 Å². The number of carbonyl (C=O) groups excluding carboxylic acids is 1. The Morgan fingerprint density at radius 1 is 1.13 bits per heavy atom. The summed E-state index contributed by atoms with van der Waals surface area (Å²) in [6, 6.07) is 12.2. The predicted molar refractivity (Wildman–Crippen MR) is 120 cm³/mol. The van der Waals surface area contributed by atoms with E-state index < -0.39 is 6.04 Å². The molecule has 0 aromatic heterocycles. The third-order valence-electron chi connectivity index (χ3n) is 4.70. The van der Waals surface area contributed by atoms with Crippen LogP contribution >= 0.6 is 12.2 Å². The molecule has 0 saturated heterocycles. The number of carbonyl (C=O) groups is 1. The summed E-state index contributed by atoms with van der Waals surface area (Å²) in [7, 11) is 3.17. The van der Waals surface area contributed by atoms with Crippen molar-refractivity contribution in [3.63, 3.8) is 0 Å². The minimum Gasteiger partial charge on any atom is -0.497 e. The third-order valence-corrected chi connectivity index (χ3v) is 4.92. The molecule has 3 N–H and O–H groups in total. The Morgan fingerprint density at radius 2 is 1.90 bits per heavy atom. The number of ether oxygens (including phenoxy) is 3. The fourth-order valence-electron chi connectivity index (χ4n) is 3.33. The van der Waals surface area contributed by atoms with Gasteiger partial charge in [0, 0.05) is 11.3 Å². The highest BCUT2D eigenvalue weighted by atomic mass is 32.1. The number of para-hydroxylation sites is 2. The van der Waals surface area contributed by atoms with Gasteiger partial charge < -0.3 is 30.2 Å². The first-order chi connectivity index (χ1) is 14.5. The van der Waals surface area contributed by atoms with Crippen LogP contribution in [-0.2, 0) is 4.79 Å². The van der Waals surface area contributed by atoms with Gasteiger partial charge in [0.25, 0.3) is 5.91 Å². The fraction of sp³-hybridized carbons (Fsp3) is 0.273. The highest BCUT2D eigenvalue weighted by molar-refractivity contribution is 7.80. The summed E-state index contributed by atoms with van der Waals surface area (Å²) < 4.78 is 16.5. The van der Waals surface area contributed by atoms with Crippen LogP contribution in [0.1, 0.15) is 25.5 Å². The third kappa shape index (κ3) is 4.49. The smallest absolute Gasteiger partial charge is 0.255 e. The van der Waals surface area contributed by atoms with E-state index in [1.165, 1.54) is 0 Å². The molecule has 1 amide bonds. The van der Waals surface area contributed by atoms with Crippen LogP contribution in [0.3, 0.4) is 0 Å². The van der Waals surface area contributed by atoms with Gasteiger partial charge in [-0.25, -0.2) is 0 Å². The molecule has 1 aliphatic heterocycles. The number of hydrogen-bond donors (Lipinski definition) is 3. The van der Waals surface area contributed by atoms with Gasteiger partial charge in [0.2, 0.25) is 0 Å². The Balaban J connectivity index is 2.02. The molecular weight excluding hydrogens is 402 g/mol. The van der Waals surface area contributed by atoms with E-state index >= 15 is 0 Å². The molecule has 2 aromatic rings. The van der Waals surface area contributed by atoms with Crippen LogP contribution < -0.4 is 30.2 Å². The normalized spacial score (nSPS) is 15.7. The van der Waals surface area contributed by atoms with Gasteiger partial charge in [0.05, 0.1) is 38.1 Å². The van der Waals surface area contributed by atoms with E-state index in [9.17, 15) is 4.79 Å². The zero-order chi connectivity index (χ0) is 21.7. The Morgan fingerprint density at radius 3 is 2.60 bits per heavy atom. The maximum atomic E-state index is 13.4. The Kier molecular flexibility index (Phi) is 6.79. The summed E-state index contributed by atoms with van der Waals surface area (Å²) in [6.07, 6.45) is 0. The highest BCUT2D eigenvalue weighted by Crippen LogP contribution is 2.36. The van der Waals surface area contributed by atoms with Crippen molar-refractivity contribution in [2.24, 2.45) is 0 Å². The molecule has 0 fully saturated rings. The van der Waals surface area contributed by atoms with Gasteiger partial charge in [-0.1, -0.05) is 12.1 Å². The summed E-state index contributed by atoms with van der Waals surface area (Å²) in [4.78, 5) is 13.4. The highest BCUT2D eigenvalue weighted by Gasteiger charge is 2.32. The lowest BCUT2D eigenvalue weighted by atomic mass is 9.94. The lowest BCUT2D eigenvalue weighted by Gasteiger charge is -2.31. The predicted octanol–water partition coefficient (Wildman–Crippen LogP) is 3.53. The van der Waals surface area contributed by atoms with Crippen molar-refractivity contribution in [2.75, 3.05) is 26.1 Å². The number of amides is 1. The molecular formula is C22H25N3O4S. The van der Waals surface area contributed by atoms with Crippen LogP contribution in [0, 0.1) is 0 Å². The SMILES string of the molecule is CCOc1ccccc1NC(=O)C1=C(C)NC(=S)N[C@H]1c1cc(OC)ccc1OC. The molecule has 8 heteroatoms. The Labute approximate surface area is 181 Å². The van der Waals surface area contributed by atoms with E-state index in [1.54, 1.807) is 32.4 Å². The molecule has 3 rings (SSSR count). The Hall–Kier alpha value is -3.26. The van der Waals surface area contributed by atoms with E-state index in [0.717, 1.165) is 5.56 Å². The van der Waals surface area contributed by atoms with Gasteiger partial charge in [-0.15, -0.1) is 0 Å². The molecule has 1 atom stereocenters. The van der Waals surface area contributed by atoms with Gasteiger partial charge in [-0.2, -0.15) is 0 Å². The van der Waals surface area contributed by atoms with Crippen LogP contribution in [0.25, 0.3) is 0 Å². The first kappa shape index (κ1) is 21.4. The van der Waals surface area contributed by atoms with Crippen molar-refractivity contribution < 1.29 is 19.0 Å². The standard InChI is InChI=1S/C22H25N3O4S/c1-5-29-18-9-7-6-8-16(18)24-21(26)19-13(2)23-22(30)25-20(19)15-12-14(27-3)10-11-17(15)28-4/h6-12,20H,5H2,1-4H3,(H,24,26)(H2,23,25,30)/t20-/m0/s1. The summed E-state index contributed by atoms with van der Waals surface area (Å²) >= 11 is 5.34. The number of hydrogen-bond acceptors (Lipinski definition) is 5. The molecule has 2 aromatic carbocycles. The molecule has 1 aliphatic rings. The minimum atomic E-state index is -0.525. The van der Waals surface area contributed by atoms with Crippen molar-refractivity contribution in [3.05, 3.63) is 59.3 Å². The number of allylic oxidation sites excluding steroid dienone is 1. The molecule has 0 bridgehead atoms. The summed E-state index contributed by atoms with van der Waals surface area (Å²) in [5.74, 6) is 1.59. The van der Waals surface area contributed by atoms with Gasteiger partial charge in [-0.3, -0.25) is 4.79 Å². The molecule has 0 saturated carbocycles. The van der Waals surface area contributed by atoms with E-state index in [4.69, 9.17) is 26.4 Å². The second-order valence-electron chi connectivity index (χ2n) is 6.56. The molecule has 30 heavy (non-hydrogen) atoms. The van der Waals surface area contributed by atoms with Gasteiger partial charge in [-0.05, 0) is 56.4 Å².